The van der Waals surface area contributed by atoms with Gasteiger partial charge in [0.05, 0.1) is 6.61 Å². The fourth-order valence-electron chi connectivity index (χ4n) is 4.75. The number of fused-ring (bicyclic) bond motifs is 1. The van der Waals surface area contributed by atoms with Gasteiger partial charge in [0.25, 0.3) is 0 Å². The summed E-state index contributed by atoms with van der Waals surface area (Å²) < 4.78 is 2.14. The quantitative estimate of drug-likeness (QED) is 0.384. The van der Waals surface area contributed by atoms with Crippen molar-refractivity contribution in [1.29, 1.82) is 0 Å². The van der Waals surface area contributed by atoms with E-state index in [9.17, 15) is 9.90 Å². The number of aromatic nitrogens is 4. The molecular weight excluding hydrogens is 470 g/mol. The number of hydroxylamine groups is 1. The van der Waals surface area contributed by atoms with Crippen LogP contribution >= 0.6 is 11.6 Å². The zero-order valence-electron chi connectivity index (χ0n) is 19.8. The van der Waals surface area contributed by atoms with Crippen LogP contribution in [0.5, 0.6) is 0 Å². The first-order valence-corrected chi connectivity index (χ1v) is 12.4. The van der Waals surface area contributed by atoms with Crippen molar-refractivity contribution in [3.05, 3.63) is 35.1 Å². The highest BCUT2D eigenvalue weighted by atomic mass is 35.5. The van der Waals surface area contributed by atoms with Gasteiger partial charge in [0.2, 0.25) is 5.95 Å². The Hall–Kier alpha value is -2.95. The number of aliphatic hydroxyl groups is 1. The Balaban J connectivity index is 1.67. The molecule has 1 saturated carbocycles. The summed E-state index contributed by atoms with van der Waals surface area (Å²) >= 11 is 6.34. The Morgan fingerprint density at radius 1 is 1.26 bits per heavy atom. The molecule has 2 atom stereocenters. The maximum Gasteiger partial charge on any atom is 0.427 e. The van der Waals surface area contributed by atoms with Crippen molar-refractivity contribution in [3.8, 4) is 11.3 Å². The van der Waals surface area contributed by atoms with Crippen LogP contribution in [0.25, 0.3) is 22.4 Å². The smallest absolute Gasteiger partial charge is 0.394 e. The van der Waals surface area contributed by atoms with E-state index in [1.54, 1.807) is 0 Å². The molecule has 2 aliphatic rings. The van der Waals surface area contributed by atoms with Crippen molar-refractivity contribution in [1.82, 2.24) is 30.3 Å². The summed E-state index contributed by atoms with van der Waals surface area (Å²) in [4.78, 5) is 30.8. The van der Waals surface area contributed by atoms with Crippen molar-refractivity contribution in [3.63, 3.8) is 0 Å². The standard InChI is InChI=1S/C24H30ClN7O3/c1-13-6-8-15(9-7-13)11-32-19-18(16-4-3-5-17(25)10-16)27-21(22-30-24(34)35-31-22)28-20(19)29-23(32)26-14(2)12-33/h3-5,10,13-15,22,31,33H,6-9,11-12H2,1-2H3,(H,30,34)(H,26,27,28,29)/t13?,14-,15?,22?/m1/s1. The van der Waals surface area contributed by atoms with E-state index in [4.69, 9.17) is 26.4 Å². The molecule has 10 nitrogen and oxygen atoms in total. The molecule has 1 aliphatic heterocycles. The summed E-state index contributed by atoms with van der Waals surface area (Å²) in [6, 6.07) is 7.29. The van der Waals surface area contributed by atoms with Crippen LogP contribution in [-0.4, -0.2) is 43.4 Å². The number of amides is 1. The lowest BCUT2D eigenvalue weighted by Crippen LogP contribution is -2.25. The molecule has 1 saturated heterocycles. The first-order valence-electron chi connectivity index (χ1n) is 12.1. The maximum absolute atomic E-state index is 11.6. The molecule has 0 bridgehead atoms. The van der Waals surface area contributed by atoms with Gasteiger partial charge in [-0.2, -0.15) is 4.98 Å². The number of anilines is 1. The first kappa shape index (κ1) is 23.8. The van der Waals surface area contributed by atoms with Gasteiger partial charge >= 0.3 is 6.09 Å². The van der Waals surface area contributed by atoms with Crippen molar-refractivity contribution in [2.45, 2.75) is 58.3 Å². The normalized spacial score (nSPS) is 23.2. The topological polar surface area (TPSA) is 126 Å². The van der Waals surface area contributed by atoms with Crippen LogP contribution in [0.4, 0.5) is 10.7 Å². The molecule has 186 valence electrons. The lowest BCUT2D eigenvalue weighted by atomic mass is 9.83. The Bertz CT molecular complexity index is 1230. The zero-order chi connectivity index (χ0) is 24.5. The minimum atomic E-state index is -0.706. The molecule has 1 unspecified atom stereocenters. The summed E-state index contributed by atoms with van der Waals surface area (Å²) in [5.74, 6) is 2.22. The molecule has 0 spiro atoms. The van der Waals surface area contributed by atoms with Crippen LogP contribution < -0.4 is 16.1 Å². The Labute approximate surface area is 208 Å². The summed E-state index contributed by atoms with van der Waals surface area (Å²) in [5, 5.41) is 16.3. The second kappa shape index (κ2) is 9.96. The van der Waals surface area contributed by atoms with Gasteiger partial charge in [0, 0.05) is 23.2 Å². The summed E-state index contributed by atoms with van der Waals surface area (Å²) in [7, 11) is 0. The largest absolute Gasteiger partial charge is 0.427 e. The maximum atomic E-state index is 11.6. The lowest BCUT2D eigenvalue weighted by molar-refractivity contribution is 0.120. The fraction of sp³-hybridized carbons (Fsp3) is 0.500. The molecule has 1 aliphatic carbocycles. The van der Waals surface area contributed by atoms with E-state index in [1.807, 2.05) is 31.2 Å². The van der Waals surface area contributed by atoms with Gasteiger partial charge in [-0.3, -0.25) is 5.32 Å². The van der Waals surface area contributed by atoms with Crippen molar-refractivity contribution >= 4 is 34.8 Å². The molecule has 3 heterocycles. The number of hydrogen-bond acceptors (Lipinski definition) is 8. The van der Waals surface area contributed by atoms with Crippen LogP contribution in [0, 0.1) is 11.8 Å². The van der Waals surface area contributed by atoms with Gasteiger partial charge < -0.3 is 19.8 Å². The summed E-state index contributed by atoms with van der Waals surface area (Å²) in [6.45, 7) is 4.94. The van der Waals surface area contributed by atoms with E-state index in [2.05, 4.69) is 32.6 Å². The third-order valence-corrected chi connectivity index (χ3v) is 6.97. The number of halogens is 1. The van der Waals surface area contributed by atoms with Gasteiger partial charge in [0.1, 0.15) is 11.2 Å². The van der Waals surface area contributed by atoms with E-state index in [1.165, 1.54) is 12.8 Å². The highest BCUT2D eigenvalue weighted by Crippen LogP contribution is 2.35. The number of carbonyl (C=O) groups is 1. The van der Waals surface area contributed by atoms with Crippen molar-refractivity contribution in [2.24, 2.45) is 11.8 Å². The monoisotopic (exact) mass is 499 g/mol. The fourth-order valence-corrected chi connectivity index (χ4v) is 4.94. The SMILES string of the molecule is CC1CCC(Cn2c(N[C@H](C)CO)nc3nc(C4NOC(=O)N4)nc(-c4cccc(Cl)c4)c32)CC1. The Morgan fingerprint density at radius 3 is 2.74 bits per heavy atom. The average Bonchev–Trinajstić information content (AvgIpc) is 3.43. The Kier molecular flexibility index (Phi) is 6.77. The number of nitrogens with one attached hydrogen (secondary N) is 3. The molecular formula is C24H30ClN7O3. The lowest BCUT2D eigenvalue weighted by Gasteiger charge is -2.27. The van der Waals surface area contributed by atoms with Crippen LogP contribution in [0.3, 0.4) is 0 Å². The third kappa shape index (κ3) is 5.05. The molecule has 2 aromatic heterocycles. The van der Waals surface area contributed by atoms with Gasteiger partial charge in [-0.15, -0.1) is 5.48 Å². The van der Waals surface area contributed by atoms with Crippen LogP contribution in [0.15, 0.2) is 24.3 Å². The van der Waals surface area contributed by atoms with Gasteiger partial charge in [0.15, 0.2) is 17.6 Å². The highest BCUT2D eigenvalue weighted by molar-refractivity contribution is 6.30. The molecule has 35 heavy (non-hydrogen) atoms. The number of hydrogen-bond donors (Lipinski definition) is 4. The summed E-state index contributed by atoms with van der Waals surface area (Å²) in [5.41, 5.74) is 5.37. The number of imidazole rings is 1. The molecule has 4 N–H and O–H groups in total. The minimum Gasteiger partial charge on any atom is -0.394 e. The van der Waals surface area contributed by atoms with Crippen molar-refractivity contribution in [2.75, 3.05) is 11.9 Å². The molecule has 1 amide bonds. The predicted octanol–water partition coefficient (Wildman–Crippen LogP) is 4.01. The zero-order valence-corrected chi connectivity index (χ0v) is 20.5. The summed E-state index contributed by atoms with van der Waals surface area (Å²) in [6.07, 6.45) is 3.42. The Morgan fingerprint density at radius 2 is 2.06 bits per heavy atom. The molecule has 3 aromatic rings. The van der Waals surface area contributed by atoms with Gasteiger partial charge in [-0.1, -0.05) is 43.5 Å². The molecule has 1 aromatic carbocycles. The molecule has 11 heteroatoms. The number of benzene rings is 1. The van der Waals surface area contributed by atoms with E-state index < -0.39 is 12.3 Å². The van der Waals surface area contributed by atoms with E-state index in [-0.39, 0.29) is 12.6 Å². The van der Waals surface area contributed by atoms with Gasteiger partial charge in [-0.05, 0) is 43.7 Å². The molecule has 0 radical (unpaired) electrons. The van der Waals surface area contributed by atoms with Crippen molar-refractivity contribution < 1.29 is 14.7 Å². The number of aliphatic hydroxyl groups excluding tert-OH is 1. The van der Waals surface area contributed by atoms with E-state index in [0.29, 0.717) is 34.1 Å². The van der Waals surface area contributed by atoms with E-state index in [0.717, 1.165) is 36.4 Å². The third-order valence-electron chi connectivity index (χ3n) is 6.73. The van der Waals surface area contributed by atoms with Gasteiger partial charge in [-0.25, -0.2) is 14.8 Å². The molecule has 2 fully saturated rings. The number of nitrogens with zero attached hydrogens (tertiary/aromatic N) is 4. The second-order valence-corrected chi connectivity index (χ2v) is 10.0. The number of carbonyl (C=O) groups excluding carboxylic acids is 1. The van der Waals surface area contributed by atoms with Crippen LogP contribution in [-0.2, 0) is 11.4 Å². The average molecular weight is 500 g/mol. The minimum absolute atomic E-state index is 0.0302. The van der Waals surface area contributed by atoms with Crippen LogP contribution in [0.1, 0.15) is 51.5 Å². The first-order chi connectivity index (χ1) is 16.9. The van der Waals surface area contributed by atoms with Crippen LogP contribution in [0.2, 0.25) is 5.02 Å². The number of rotatable bonds is 7. The molecule has 5 rings (SSSR count). The second-order valence-electron chi connectivity index (χ2n) is 9.60. The predicted molar refractivity (Wildman–Crippen MR) is 133 cm³/mol. The highest BCUT2D eigenvalue weighted by Gasteiger charge is 2.30. The van der Waals surface area contributed by atoms with E-state index >= 15 is 0 Å².